The van der Waals surface area contributed by atoms with E-state index in [9.17, 15) is 13.6 Å². The van der Waals surface area contributed by atoms with Crippen LogP contribution in [0.15, 0.2) is 12.1 Å². The van der Waals surface area contributed by atoms with Crippen LogP contribution in [-0.2, 0) is 0 Å². The zero-order valence-corrected chi connectivity index (χ0v) is 9.41. The van der Waals surface area contributed by atoms with Crippen LogP contribution in [-0.4, -0.2) is 28.5 Å². The molecule has 1 aliphatic rings. The number of halogens is 2. The lowest BCUT2D eigenvalue weighted by atomic mass is 10.1. The second-order valence-electron chi connectivity index (χ2n) is 4.25. The molecule has 1 saturated heterocycles. The summed E-state index contributed by atoms with van der Waals surface area (Å²) in [5.74, 6) is -3.53. The van der Waals surface area contributed by atoms with Crippen molar-refractivity contribution in [3.05, 3.63) is 29.3 Å². The van der Waals surface area contributed by atoms with Crippen molar-refractivity contribution in [3.63, 3.8) is 0 Å². The standard InChI is InChI=1S/C12H13F2NO2/c1-7-3-2-6-15(7)12(17)10-8(13)4-5-9(16)11(10)14/h4-5,7,16H,2-3,6H2,1H3/t7-/m1/s1. The van der Waals surface area contributed by atoms with E-state index in [2.05, 4.69) is 0 Å². The predicted molar refractivity (Wildman–Crippen MR) is 57.8 cm³/mol. The number of benzene rings is 1. The molecule has 0 aromatic heterocycles. The number of hydrogen-bond acceptors (Lipinski definition) is 2. The molecule has 0 saturated carbocycles. The number of amides is 1. The summed E-state index contributed by atoms with van der Waals surface area (Å²) >= 11 is 0. The summed E-state index contributed by atoms with van der Waals surface area (Å²) in [7, 11) is 0. The molecule has 0 radical (unpaired) electrons. The van der Waals surface area contributed by atoms with Gasteiger partial charge in [-0.15, -0.1) is 0 Å². The lowest BCUT2D eigenvalue weighted by Gasteiger charge is -2.22. The van der Waals surface area contributed by atoms with Gasteiger partial charge in [0.2, 0.25) is 0 Å². The molecule has 1 aliphatic heterocycles. The summed E-state index contributed by atoms with van der Waals surface area (Å²) in [6.07, 6.45) is 1.66. The zero-order chi connectivity index (χ0) is 12.6. The second-order valence-corrected chi connectivity index (χ2v) is 4.25. The molecule has 5 heteroatoms. The third-order valence-corrected chi connectivity index (χ3v) is 3.10. The maximum absolute atomic E-state index is 13.6. The van der Waals surface area contributed by atoms with Gasteiger partial charge in [-0.05, 0) is 31.9 Å². The van der Waals surface area contributed by atoms with Gasteiger partial charge in [0.15, 0.2) is 11.6 Å². The fraction of sp³-hybridized carbons (Fsp3) is 0.417. The van der Waals surface area contributed by atoms with Crippen LogP contribution in [0.5, 0.6) is 5.75 Å². The van der Waals surface area contributed by atoms with Gasteiger partial charge in [0.25, 0.3) is 5.91 Å². The molecule has 1 N–H and O–H groups in total. The number of phenols is 1. The Morgan fingerprint density at radius 3 is 2.76 bits per heavy atom. The summed E-state index contributed by atoms with van der Waals surface area (Å²) in [6.45, 7) is 2.33. The van der Waals surface area contributed by atoms with E-state index in [1.165, 1.54) is 4.90 Å². The van der Waals surface area contributed by atoms with Crippen molar-refractivity contribution in [3.8, 4) is 5.75 Å². The van der Waals surface area contributed by atoms with Crippen molar-refractivity contribution in [1.82, 2.24) is 4.90 Å². The van der Waals surface area contributed by atoms with E-state index >= 15 is 0 Å². The Kier molecular flexibility index (Phi) is 3.00. The molecule has 0 aliphatic carbocycles. The minimum absolute atomic E-state index is 0.0244. The van der Waals surface area contributed by atoms with E-state index in [-0.39, 0.29) is 6.04 Å². The number of likely N-dealkylation sites (tertiary alicyclic amines) is 1. The quantitative estimate of drug-likeness (QED) is 0.819. The predicted octanol–water partition coefficient (Wildman–Crippen LogP) is 2.29. The molecule has 0 bridgehead atoms. The molecular formula is C12H13F2NO2. The average molecular weight is 241 g/mol. The van der Waals surface area contributed by atoms with Crippen LogP contribution in [0, 0.1) is 11.6 Å². The van der Waals surface area contributed by atoms with Crippen molar-refractivity contribution >= 4 is 5.91 Å². The number of aromatic hydroxyl groups is 1. The molecule has 1 amide bonds. The minimum atomic E-state index is -1.19. The fourth-order valence-electron chi connectivity index (χ4n) is 2.12. The Morgan fingerprint density at radius 2 is 2.18 bits per heavy atom. The van der Waals surface area contributed by atoms with Gasteiger partial charge in [-0.25, -0.2) is 8.78 Å². The van der Waals surface area contributed by atoms with Gasteiger partial charge in [-0.3, -0.25) is 4.79 Å². The SMILES string of the molecule is C[C@@H]1CCCN1C(=O)c1c(F)ccc(O)c1F. The van der Waals surface area contributed by atoms with E-state index in [1.807, 2.05) is 6.92 Å². The van der Waals surface area contributed by atoms with Gasteiger partial charge in [0.05, 0.1) is 0 Å². The van der Waals surface area contributed by atoms with Crippen LogP contribution in [0.25, 0.3) is 0 Å². The average Bonchev–Trinajstić information content (AvgIpc) is 2.70. The number of hydrogen-bond donors (Lipinski definition) is 1. The normalized spacial score (nSPS) is 19.7. The third kappa shape index (κ3) is 1.97. The molecule has 17 heavy (non-hydrogen) atoms. The van der Waals surface area contributed by atoms with Gasteiger partial charge >= 0.3 is 0 Å². The first-order chi connectivity index (χ1) is 8.02. The lowest BCUT2D eigenvalue weighted by molar-refractivity contribution is 0.0736. The molecule has 1 heterocycles. The molecule has 0 unspecified atom stereocenters. The molecule has 2 rings (SSSR count). The van der Waals surface area contributed by atoms with E-state index in [1.54, 1.807) is 0 Å². The van der Waals surface area contributed by atoms with Crippen LogP contribution in [0.4, 0.5) is 8.78 Å². The van der Waals surface area contributed by atoms with E-state index in [4.69, 9.17) is 5.11 Å². The van der Waals surface area contributed by atoms with Crippen LogP contribution in [0.2, 0.25) is 0 Å². The van der Waals surface area contributed by atoms with Crippen LogP contribution < -0.4 is 0 Å². The number of phenolic OH excluding ortho intramolecular Hbond substituents is 1. The van der Waals surface area contributed by atoms with Gasteiger partial charge in [-0.1, -0.05) is 0 Å². The highest BCUT2D eigenvalue weighted by Gasteiger charge is 2.30. The van der Waals surface area contributed by atoms with Gasteiger partial charge in [0, 0.05) is 12.6 Å². The maximum atomic E-state index is 13.6. The first-order valence-electron chi connectivity index (χ1n) is 5.50. The number of carbonyl (C=O) groups is 1. The van der Waals surface area contributed by atoms with Crippen molar-refractivity contribution in [2.75, 3.05) is 6.54 Å². The first-order valence-corrected chi connectivity index (χ1v) is 5.50. The Hall–Kier alpha value is -1.65. The molecular weight excluding hydrogens is 228 g/mol. The zero-order valence-electron chi connectivity index (χ0n) is 9.41. The lowest BCUT2D eigenvalue weighted by Crippen LogP contribution is -2.34. The van der Waals surface area contributed by atoms with Crippen LogP contribution in [0.3, 0.4) is 0 Å². The Morgan fingerprint density at radius 1 is 1.47 bits per heavy atom. The molecule has 1 aromatic rings. The highest BCUT2D eigenvalue weighted by atomic mass is 19.1. The fourth-order valence-corrected chi connectivity index (χ4v) is 2.12. The van der Waals surface area contributed by atoms with Crippen LogP contribution >= 0.6 is 0 Å². The number of rotatable bonds is 1. The maximum Gasteiger partial charge on any atom is 0.260 e. The van der Waals surface area contributed by atoms with Crippen molar-refractivity contribution < 1.29 is 18.7 Å². The largest absolute Gasteiger partial charge is 0.505 e. The van der Waals surface area contributed by atoms with E-state index < -0.39 is 28.9 Å². The number of nitrogens with zero attached hydrogens (tertiary/aromatic N) is 1. The van der Waals surface area contributed by atoms with Gasteiger partial charge in [0.1, 0.15) is 11.4 Å². The van der Waals surface area contributed by atoms with Gasteiger partial charge < -0.3 is 10.0 Å². The highest BCUT2D eigenvalue weighted by molar-refractivity contribution is 5.95. The first kappa shape index (κ1) is 11.8. The Labute approximate surface area is 97.7 Å². The summed E-state index contributed by atoms with van der Waals surface area (Å²) < 4.78 is 27.0. The van der Waals surface area contributed by atoms with E-state index in [0.29, 0.717) is 6.54 Å². The molecule has 92 valence electrons. The molecule has 1 aromatic carbocycles. The van der Waals surface area contributed by atoms with Crippen molar-refractivity contribution in [1.29, 1.82) is 0 Å². The third-order valence-electron chi connectivity index (χ3n) is 3.10. The van der Waals surface area contributed by atoms with Gasteiger partial charge in [-0.2, -0.15) is 0 Å². The minimum Gasteiger partial charge on any atom is -0.505 e. The Bertz CT molecular complexity index is 462. The smallest absolute Gasteiger partial charge is 0.260 e. The summed E-state index contributed by atoms with van der Waals surface area (Å²) in [5, 5.41) is 9.17. The number of carbonyl (C=O) groups excluding carboxylic acids is 1. The highest BCUT2D eigenvalue weighted by Crippen LogP contribution is 2.26. The summed E-state index contributed by atoms with van der Waals surface area (Å²) in [4.78, 5) is 13.4. The molecule has 1 fully saturated rings. The van der Waals surface area contributed by atoms with E-state index in [0.717, 1.165) is 25.0 Å². The Balaban J connectivity index is 2.40. The second kappa shape index (κ2) is 4.31. The molecule has 0 spiro atoms. The van der Waals surface area contributed by atoms with Crippen molar-refractivity contribution in [2.24, 2.45) is 0 Å². The van der Waals surface area contributed by atoms with Crippen molar-refractivity contribution in [2.45, 2.75) is 25.8 Å². The topological polar surface area (TPSA) is 40.5 Å². The molecule has 1 atom stereocenters. The monoisotopic (exact) mass is 241 g/mol. The summed E-state index contributed by atoms with van der Waals surface area (Å²) in [6, 6.07) is 1.77. The molecule has 3 nitrogen and oxygen atoms in total. The summed E-state index contributed by atoms with van der Waals surface area (Å²) in [5.41, 5.74) is -0.668. The van der Waals surface area contributed by atoms with Crippen LogP contribution in [0.1, 0.15) is 30.1 Å².